The fraction of sp³-hybridized carbons (Fsp3) is 0.762. The maximum atomic E-state index is 12.6. The summed E-state index contributed by atoms with van der Waals surface area (Å²) in [6.07, 6.45) is 0.932. The van der Waals surface area contributed by atoms with Gasteiger partial charge in [0.15, 0.2) is 6.10 Å². The van der Waals surface area contributed by atoms with Crippen LogP contribution in [0.2, 0.25) is 0 Å². The number of hydroxylamine groups is 2. The van der Waals surface area contributed by atoms with Crippen molar-refractivity contribution in [3.8, 4) is 0 Å². The summed E-state index contributed by atoms with van der Waals surface area (Å²) >= 11 is 0. The Morgan fingerprint density at radius 1 is 1.21 bits per heavy atom. The molecular weight excluding hydrogens is 362 g/mol. The molecule has 0 amide bonds. The molecule has 0 spiro atoms. The third-order valence-electron chi connectivity index (χ3n) is 5.91. The monoisotopic (exact) mass is 397 g/mol. The minimum atomic E-state index is -0.853. The van der Waals surface area contributed by atoms with E-state index in [-0.39, 0.29) is 30.5 Å². The van der Waals surface area contributed by atoms with Gasteiger partial charge in [0, 0.05) is 17.9 Å². The Labute approximate surface area is 168 Å². The summed E-state index contributed by atoms with van der Waals surface area (Å²) in [5.74, 6) is -1.07. The van der Waals surface area contributed by atoms with Crippen molar-refractivity contribution in [3.63, 3.8) is 0 Å². The highest BCUT2D eigenvalue weighted by atomic mass is 16.7. The average molecular weight is 398 g/mol. The van der Waals surface area contributed by atoms with E-state index in [1.165, 1.54) is 0 Å². The number of hydrogen-bond donors (Lipinski definition) is 0. The lowest BCUT2D eigenvalue weighted by molar-refractivity contribution is -0.311. The van der Waals surface area contributed by atoms with Gasteiger partial charge in [0.1, 0.15) is 19.0 Å². The molecule has 0 radical (unpaired) electrons. The molecule has 160 valence electrons. The van der Waals surface area contributed by atoms with Gasteiger partial charge >= 0.3 is 11.9 Å². The Bertz CT molecular complexity index is 618. The molecule has 7 nitrogen and oxygen atoms in total. The van der Waals surface area contributed by atoms with Crippen molar-refractivity contribution in [2.75, 3.05) is 13.2 Å². The molecule has 0 bridgehead atoms. The smallest absolute Gasteiger partial charge is 0.337 e. The van der Waals surface area contributed by atoms with E-state index in [1.807, 2.05) is 39.7 Å². The van der Waals surface area contributed by atoms with Gasteiger partial charge < -0.3 is 9.47 Å². The first-order chi connectivity index (χ1) is 12.9. The van der Waals surface area contributed by atoms with Crippen LogP contribution >= 0.6 is 0 Å². The molecule has 1 fully saturated rings. The fourth-order valence-corrected chi connectivity index (χ4v) is 3.42. The summed E-state index contributed by atoms with van der Waals surface area (Å²) in [5, 5.41) is 1.85. The first-order valence-electron chi connectivity index (χ1n) is 9.92. The molecule has 0 aliphatic carbocycles. The number of hydrogen-bond acceptors (Lipinski definition) is 7. The number of rotatable bonds is 9. The predicted molar refractivity (Wildman–Crippen MR) is 105 cm³/mol. The number of Topliss-reactive ketones (excluding diaryl/α,β-unsaturated/α-hetero) is 1. The van der Waals surface area contributed by atoms with Crippen LogP contribution in [0.5, 0.6) is 0 Å². The SMILES string of the molecule is C=C(C)C(=O)OCCOC(=O)C(C)ON1C(C)(CC)CC(=O)C(C)C1(C)CC. The summed E-state index contributed by atoms with van der Waals surface area (Å²) in [6, 6.07) is 0. The predicted octanol–water partition coefficient (Wildman–Crippen LogP) is 3.22. The summed E-state index contributed by atoms with van der Waals surface area (Å²) < 4.78 is 10.1. The van der Waals surface area contributed by atoms with Gasteiger partial charge in [-0.15, -0.1) is 0 Å². The van der Waals surface area contributed by atoms with Gasteiger partial charge in [0.2, 0.25) is 0 Å². The second-order valence-electron chi connectivity index (χ2n) is 8.05. The highest BCUT2D eigenvalue weighted by molar-refractivity contribution is 5.87. The lowest BCUT2D eigenvalue weighted by Gasteiger charge is -2.56. The summed E-state index contributed by atoms with van der Waals surface area (Å²) in [7, 11) is 0. The quantitative estimate of drug-likeness (QED) is 0.336. The van der Waals surface area contributed by atoms with Gasteiger partial charge in [-0.1, -0.05) is 27.4 Å². The van der Waals surface area contributed by atoms with Crippen molar-refractivity contribution in [1.82, 2.24) is 5.06 Å². The number of piperidine rings is 1. The molecule has 4 atom stereocenters. The van der Waals surface area contributed by atoms with Crippen molar-refractivity contribution in [2.24, 2.45) is 5.92 Å². The first-order valence-corrected chi connectivity index (χ1v) is 9.92. The fourth-order valence-electron chi connectivity index (χ4n) is 3.42. The second kappa shape index (κ2) is 9.65. The summed E-state index contributed by atoms with van der Waals surface area (Å²) in [5.41, 5.74) is -0.736. The average Bonchev–Trinajstić information content (AvgIpc) is 2.66. The van der Waals surface area contributed by atoms with Crippen LogP contribution in [0.25, 0.3) is 0 Å². The zero-order valence-electron chi connectivity index (χ0n) is 18.3. The van der Waals surface area contributed by atoms with Gasteiger partial charge in [-0.25, -0.2) is 9.59 Å². The molecule has 4 unspecified atom stereocenters. The third-order valence-corrected chi connectivity index (χ3v) is 5.91. The zero-order chi connectivity index (χ0) is 21.7. The molecule has 0 aromatic rings. The van der Waals surface area contributed by atoms with Crippen molar-refractivity contribution in [2.45, 2.75) is 84.9 Å². The van der Waals surface area contributed by atoms with Crippen molar-refractivity contribution in [3.05, 3.63) is 12.2 Å². The number of esters is 2. The van der Waals surface area contributed by atoms with Gasteiger partial charge in [-0.3, -0.25) is 9.63 Å². The summed E-state index contributed by atoms with van der Waals surface area (Å²) in [6.45, 7) is 16.5. The van der Waals surface area contributed by atoms with Gasteiger partial charge in [-0.2, -0.15) is 5.06 Å². The molecule has 0 aromatic heterocycles. The number of ether oxygens (including phenoxy) is 2. The lowest BCUT2D eigenvalue weighted by Crippen LogP contribution is -2.67. The van der Waals surface area contributed by atoms with E-state index in [0.717, 1.165) is 0 Å². The molecular formula is C21H35NO6. The van der Waals surface area contributed by atoms with Crippen LogP contribution in [0.1, 0.15) is 67.7 Å². The van der Waals surface area contributed by atoms with Crippen LogP contribution in [0, 0.1) is 5.92 Å². The minimum absolute atomic E-state index is 0.0429. The van der Waals surface area contributed by atoms with Crippen molar-refractivity contribution < 1.29 is 28.7 Å². The van der Waals surface area contributed by atoms with Crippen LogP contribution in [0.3, 0.4) is 0 Å². The summed E-state index contributed by atoms with van der Waals surface area (Å²) in [4.78, 5) is 42.3. The Morgan fingerprint density at radius 3 is 2.29 bits per heavy atom. The second-order valence-corrected chi connectivity index (χ2v) is 8.05. The van der Waals surface area contributed by atoms with E-state index < -0.39 is 29.1 Å². The molecule has 7 heteroatoms. The number of nitrogens with zero attached hydrogens (tertiary/aromatic N) is 1. The van der Waals surface area contributed by atoms with Crippen LogP contribution in [-0.4, -0.2) is 53.2 Å². The zero-order valence-corrected chi connectivity index (χ0v) is 18.3. The van der Waals surface area contributed by atoms with Gasteiger partial charge in [0.25, 0.3) is 0 Å². The number of ketones is 1. The van der Waals surface area contributed by atoms with Crippen molar-refractivity contribution >= 4 is 17.7 Å². The maximum Gasteiger partial charge on any atom is 0.337 e. The molecule has 1 aliphatic heterocycles. The number of carbonyl (C=O) groups is 3. The van der Waals surface area contributed by atoms with Crippen LogP contribution in [0.4, 0.5) is 0 Å². The van der Waals surface area contributed by atoms with Crippen LogP contribution < -0.4 is 0 Å². The van der Waals surface area contributed by atoms with Crippen LogP contribution in [-0.2, 0) is 28.7 Å². The first kappa shape index (κ1) is 24.3. The number of carbonyl (C=O) groups excluding carboxylic acids is 3. The van der Waals surface area contributed by atoms with E-state index in [9.17, 15) is 14.4 Å². The molecule has 0 aromatic carbocycles. The minimum Gasteiger partial charge on any atom is -0.460 e. The molecule has 1 aliphatic rings. The topological polar surface area (TPSA) is 82.1 Å². The highest BCUT2D eigenvalue weighted by Crippen LogP contribution is 2.44. The molecule has 28 heavy (non-hydrogen) atoms. The molecule has 0 N–H and O–H groups in total. The van der Waals surface area contributed by atoms with Crippen LogP contribution in [0.15, 0.2) is 12.2 Å². The lowest BCUT2D eigenvalue weighted by atomic mass is 9.70. The van der Waals surface area contributed by atoms with Gasteiger partial charge in [-0.05, 0) is 40.5 Å². The van der Waals surface area contributed by atoms with E-state index in [0.29, 0.717) is 19.3 Å². The van der Waals surface area contributed by atoms with E-state index in [1.54, 1.807) is 13.8 Å². The standard InChI is InChI=1S/C21H35NO6/c1-9-20(7)13-17(23)15(5)21(8,10-2)22(20)28-16(6)19(25)27-12-11-26-18(24)14(3)4/h15-16H,3,9-13H2,1-2,4-8H3. The Morgan fingerprint density at radius 2 is 1.79 bits per heavy atom. The molecule has 1 rings (SSSR count). The maximum absolute atomic E-state index is 12.6. The van der Waals surface area contributed by atoms with E-state index in [2.05, 4.69) is 6.58 Å². The van der Waals surface area contributed by atoms with E-state index >= 15 is 0 Å². The Hall–Kier alpha value is -1.73. The normalized spacial score (nSPS) is 29.2. The molecule has 0 saturated carbocycles. The highest BCUT2D eigenvalue weighted by Gasteiger charge is 2.54. The Balaban J connectivity index is 2.78. The largest absolute Gasteiger partial charge is 0.460 e. The molecule has 1 saturated heterocycles. The van der Waals surface area contributed by atoms with E-state index in [4.69, 9.17) is 14.3 Å². The third kappa shape index (κ3) is 5.20. The Kier molecular flexibility index (Phi) is 8.38. The van der Waals surface area contributed by atoms with Crippen molar-refractivity contribution in [1.29, 1.82) is 0 Å². The molecule has 1 heterocycles. The van der Waals surface area contributed by atoms with Gasteiger partial charge in [0.05, 0.1) is 11.1 Å².